The van der Waals surface area contributed by atoms with Gasteiger partial charge in [-0.15, -0.1) is 0 Å². The lowest BCUT2D eigenvalue weighted by Crippen LogP contribution is -2.36. The smallest absolute Gasteiger partial charge is 0.306 e. The SMILES string of the molecule is O=[N+]([O-])c1c(Br)cccc1N1CCOCC1. The molecule has 2 rings (SSSR count). The molecule has 1 aliphatic rings. The highest BCUT2D eigenvalue weighted by Gasteiger charge is 2.23. The van der Waals surface area contributed by atoms with Gasteiger partial charge in [-0.3, -0.25) is 10.1 Å². The van der Waals surface area contributed by atoms with Gasteiger partial charge in [0, 0.05) is 13.1 Å². The molecule has 0 unspecified atom stereocenters. The predicted octanol–water partition coefficient (Wildman–Crippen LogP) is 2.19. The van der Waals surface area contributed by atoms with Crippen molar-refractivity contribution in [1.82, 2.24) is 0 Å². The Morgan fingerprint density at radius 1 is 1.38 bits per heavy atom. The third-order valence-electron chi connectivity index (χ3n) is 2.50. The molecule has 5 nitrogen and oxygen atoms in total. The van der Waals surface area contributed by atoms with Gasteiger partial charge in [-0.2, -0.15) is 0 Å². The van der Waals surface area contributed by atoms with E-state index in [9.17, 15) is 10.1 Å². The lowest BCUT2D eigenvalue weighted by atomic mass is 10.2. The van der Waals surface area contributed by atoms with Crippen LogP contribution < -0.4 is 4.90 Å². The van der Waals surface area contributed by atoms with Crippen LogP contribution in [0.25, 0.3) is 0 Å². The number of benzene rings is 1. The first-order chi connectivity index (χ1) is 7.70. The Kier molecular flexibility index (Phi) is 3.40. The van der Waals surface area contributed by atoms with E-state index in [4.69, 9.17) is 4.74 Å². The highest BCUT2D eigenvalue weighted by atomic mass is 79.9. The van der Waals surface area contributed by atoms with Crippen molar-refractivity contribution in [2.45, 2.75) is 0 Å². The molecule has 16 heavy (non-hydrogen) atoms. The first-order valence-corrected chi connectivity index (χ1v) is 5.75. The summed E-state index contributed by atoms with van der Waals surface area (Å²) in [6.45, 7) is 2.61. The van der Waals surface area contributed by atoms with Gasteiger partial charge in [0.1, 0.15) is 5.69 Å². The summed E-state index contributed by atoms with van der Waals surface area (Å²) in [6.07, 6.45) is 0. The maximum atomic E-state index is 11.0. The van der Waals surface area contributed by atoms with E-state index in [-0.39, 0.29) is 10.6 Å². The number of hydrogen-bond donors (Lipinski definition) is 0. The quantitative estimate of drug-likeness (QED) is 0.618. The summed E-state index contributed by atoms with van der Waals surface area (Å²) in [7, 11) is 0. The number of hydrogen-bond acceptors (Lipinski definition) is 4. The van der Waals surface area contributed by atoms with Gasteiger partial charge >= 0.3 is 5.69 Å². The van der Waals surface area contributed by atoms with Crippen molar-refractivity contribution >= 4 is 27.3 Å². The molecule has 1 fully saturated rings. The van der Waals surface area contributed by atoms with Crippen molar-refractivity contribution in [3.63, 3.8) is 0 Å². The zero-order valence-corrected chi connectivity index (χ0v) is 10.1. The molecule has 0 aliphatic carbocycles. The Morgan fingerprint density at radius 2 is 2.06 bits per heavy atom. The first kappa shape index (κ1) is 11.3. The molecular weight excluding hydrogens is 276 g/mol. The molecule has 0 bridgehead atoms. The van der Waals surface area contributed by atoms with Crippen LogP contribution in [0.4, 0.5) is 11.4 Å². The Labute approximate surface area is 101 Å². The minimum Gasteiger partial charge on any atom is -0.378 e. The molecule has 0 amide bonds. The average Bonchev–Trinajstić information content (AvgIpc) is 2.29. The standard InChI is InChI=1S/C10H11BrN2O3/c11-8-2-1-3-9(10(8)13(14)15)12-4-6-16-7-5-12/h1-3H,4-7H2. The first-order valence-electron chi connectivity index (χ1n) is 4.96. The van der Waals surface area contributed by atoms with Crippen LogP contribution in [0.5, 0.6) is 0 Å². The van der Waals surface area contributed by atoms with E-state index < -0.39 is 0 Å². The van der Waals surface area contributed by atoms with Crippen LogP contribution in [0.3, 0.4) is 0 Å². The van der Waals surface area contributed by atoms with Crippen molar-refractivity contribution in [2.75, 3.05) is 31.2 Å². The highest BCUT2D eigenvalue weighted by molar-refractivity contribution is 9.10. The van der Waals surface area contributed by atoms with Crippen LogP contribution in [-0.2, 0) is 4.74 Å². The Bertz CT molecular complexity index is 405. The summed E-state index contributed by atoms with van der Waals surface area (Å²) in [6, 6.07) is 5.26. The Balaban J connectivity index is 2.38. The molecule has 0 radical (unpaired) electrons. The summed E-state index contributed by atoms with van der Waals surface area (Å²) < 4.78 is 5.74. The molecule has 1 aromatic rings. The molecule has 0 saturated carbocycles. The van der Waals surface area contributed by atoms with E-state index in [0.29, 0.717) is 36.5 Å². The fourth-order valence-electron chi connectivity index (χ4n) is 1.74. The summed E-state index contributed by atoms with van der Waals surface area (Å²) in [5.41, 5.74) is 0.784. The van der Waals surface area contributed by atoms with Crippen LogP contribution in [0.1, 0.15) is 0 Å². The molecule has 0 N–H and O–H groups in total. The largest absolute Gasteiger partial charge is 0.378 e. The van der Waals surface area contributed by atoms with Gasteiger partial charge < -0.3 is 9.64 Å². The van der Waals surface area contributed by atoms with Crippen LogP contribution >= 0.6 is 15.9 Å². The second-order valence-corrected chi connectivity index (χ2v) is 4.32. The van der Waals surface area contributed by atoms with Crippen molar-refractivity contribution in [1.29, 1.82) is 0 Å². The van der Waals surface area contributed by atoms with E-state index in [1.54, 1.807) is 12.1 Å². The van der Waals surface area contributed by atoms with Crippen LogP contribution in [-0.4, -0.2) is 31.2 Å². The maximum absolute atomic E-state index is 11.0. The molecule has 6 heteroatoms. The average molecular weight is 287 g/mol. The minimum absolute atomic E-state index is 0.129. The van der Waals surface area contributed by atoms with Crippen LogP contribution in [0.15, 0.2) is 22.7 Å². The number of rotatable bonds is 2. The number of nitro groups is 1. The number of halogens is 1. The Morgan fingerprint density at radius 3 is 2.69 bits per heavy atom. The summed E-state index contributed by atoms with van der Waals surface area (Å²) in [4.78, 5) is 12.6. The molecule has 86 valence electrons. The summed E-state index contributed by atoms with van der Waals surface area (Å²) >= 11 is 3.21. The predicted molar refractivity (Wildman–Crippen MR) is 63.8 cm³/mol. The van der Waals surface area contributed by atoms with Gasteiger partial charge in [-0.05, 0) is 28.1 Å². The molecule has 0 atom stereocenters. The molecule has 0 spiro atoms. The van der Waals surface area contributed by atoms with E-state index in [1.165, 1.54) is 0 Å². The molecule has 1 aliphatic heterocycles. The van der Waals surface area contributed by atoms with Crippen LogP contribution in [0.2, 0.25) is 0 Å². The number of morpholine rings is 1. The van der Waals surface area contributed by atoms with E-state index in [2.05, 4.69) is 15.9 Å². The Hall–Kier alpha value is -1.14. The molecular formula is C10H11BrN2O3. The lowest BCUT2D eigenvalue weighted by Gasteiger charge is -2.28. The van der Waals surface area contributed by atoms with Gasteiger partial charge in [0.25, 0.3) is 0 Å². The number of anilines is 1. The summed E-state index contributed by atoms with van der Waals surface area (Å²) in [5.74, 6) is 0. The number of para-hydroxylation sites is 1. The number of nitrogens with zero attached hydrogens (tertiary/aromatic N) is 2. The third kappa shape index (κ3) is 2.17. The van der Waals surface area contributed by atoms with Gasteiger partial charge in [-0.25, -0.2) is 0 Å². The van der Waals surface area contributed by atoms with Crippen LogP contribution in [0, 0.1) is 10.1 Å². The number of nitro benzene ring substituents is 1. The second-order valence-electron chi connectivity index (χ2n) is 3.46. The van der Waals surface area contributed by atoms with E-state index in [1.807, 2.05) is 11.0 Å². The van der Waals surface area contributed by atoms with E-state index >= 15 is 0 Å². The molecule has 0 aromatic heterocycles. The molecule has 1 heterocycles. The van der Waals surface area contributed by atoms with Crippen molar-refractivity contribution in [2.24, 2.45) is 0 Å². The monoisotopic (exact) mass is 286 g/mol. The maximum Gasteiger partial charge on any atom is 0.306 e. The number of ether oxygens (including phenoxy) is 1. The fraction of sp³-hybridized carbons (Fsp3) is 0.400. The topological polar surface area (TPSA) is 55.6 Å². The normalized spacial score (nSPS) is 16.2. The molecule has 1 aromatic carbocycles. The zero-order chi connectivity index (χ0) is 11.5. The van der Waals surface area contributed by atoms with E-state index in [0.717, 1.165) is 0 Å². The fourth-order valence-corrected chi connectivity index (χ4v) is 2.24. The zero-order valence-electron chi connectivity index (χ0n) is 8.56. The van der Waals surface area contributed by atoms with Gasteiger partial charge in [0.05, 0.1) is 22.6 Å². The lowest BCUT2D eigenvalue weighted by molar-refractivity contribution is -0.384. The van der Waals surface area contributed by atoms with Crippen molar-refractivity contribution in [3.8, 4) is 0 Å². The van der Waals surface area contributed by atoms with Gasteiger partial charge in [0.2, 0.25) is 0 Å². The van der Waals surface area contributed by atoms with Crippen molar-refractivity contribution in [3.05, 3.63) is 32.8 Å². The van der Waals surface area contributed by atoms with Gasteiger partial charge in [0.15, 0.2) is 0 Å². The molecule has 1 saturated heterocycles. The minimum atomic E-state index is -0.352. The summed E-state index contributed by atoms with van der Waals surface area (Å²) in [5, 5.41) is 11.0. The highest BCUT2D eigenvalue weighted by Crippen LogP contribution is 2.35. The van der Waals surface area contributed by atoms with Crippen molar-refractivity contribution < 1.29 is 9.66 Å². The van der Waals surface area contributed by atoms with Gasteiger partial charge in [-0.1, -0.05) is 6.07 Å². The third-order valence-corrected chi connectivity index (χ3v) is 3.14. The second kappa shape index (κ2) is 4.80.